The summed E-state index contributed by atoms with van der Waals surface area (Å²) in [5.74, 6) is 0.851. The van der Waals surface area contributed by atoms with Crippen molar-refractivity contribution in [2.45, 2.75) is 70.8 Å². The predicted molar refractivity (Wildman–Crippen MR) is 105 cm³/mol. The fourth-order valence-electron chi connectivity index (χ4n) is 4.24. The van der Waals surface area contributed by atoms with Crippen molar-refractivity contribution < 1.29 is 4.79 Å². The van der Waals surface area contributed by atoms with Crippen molar-refractivity contribution in [3.63, 3.8) is 0 Å². The molecule has 1 aliphatic carbocycles. The van der Waals surface area contributed by atoms with Gasteiger partial charge in [-0.25, -0.2) is 0 Å². The van der Waals surface area contributed by atoms with Gasteiger partial charge in [0.15, 0.2) is 0 Å². The Labute approximate surface area is 161 Å². The van der Waals surface area contributed by atoms with Gasteiger partial charge in [0.25, 0.3) is 5.91 Å². The molecule has 1 amide bonds. The predicted octanol–water partition coefficient (Wildman–Crippen LogP) is 3.69. The molecule has 2 fully saturated rings. The molecular formula is C18H31ClN4OS. The molecule has 7 heteroatoms. The number of carbonyl (C=O) groups excluding carboxylic acids is 1. The van der Waals surface area contributed by atoms with E-state index in [1.165, 1.54) is 69.6 Å². The van der Waals surface area contributed by atoms with Crippen molar-refractivity contribution in [2.75, 3.05) is 19.6 Å². The van der Waals surface area contributed by atoms with Crippen LogP contribution < -0.4 is 5.32 Å². The van der Waals surface area contributed by atoms with Crippen molar-refractivity contribution in [3.05, 3.63) is 10.6 Å². The second-order valence-electron chi connectivity index (χ2n) is 7.54. The molecule has 0 aromatic carbocycles. The van der Waals surface area contributed by atoms with Gasteiger partial charge in [-0.1, -0.05) is 37.6 Å². The summed E-state index contributed by atoms with van der Waals surface area (Å²) in [7, 11) is 0. The van der Waals surface area contributed by atoms with Crippen molar-refractivity contribution in [1.82, 2.24) is 19.8 Å². The Morgan fingerprint density at radius 2 is 1.96 bits per heavy atom. The Kier molecular flexibility index (Phi) is 7.65. The summed E-state index contributed by atoms with van der Waals surface area (Å²) in [6.07, 6.45) is 9.65. The van der Waals surface area contributed by atoms with Crippen molar-refractivity contribution in [3.8, 4) is 0 Å². The van der Waals surface area contributed by atoms with Crippen LogP contribution in [0.1, 0.15) is 74.2 Å². The third-order valence-electron chi connectivity index (χ3n) is 5.91. The quantitative estimate of drug-likeness (QED) is 0.838. The Morgan fingerprint density at radius 3 is 2.60 bits per heavy atom. The molecule has 1 saturated carbocycles. The third kappa shape index (κ3) is 4.72. The standard InChI is InChI=1S/C18H30N4OS.ClH/c1-3-15-16(24-21-20-15)17(23)19-13-18(9-5-4-6-10-18)22-11-7-14(2)8-12-22;/h14H,3-13H2,1-2H3,(H,19,23);1H. The van der Waals surface area contributed by atoms with Gasteiger partial charge in [-0.3, -0.25) is 9.69 Å². The van der Waals surface area contributed by atoms with Crippen LogP contribution in [-0.4, -0.2) is 45.6 Å². The second kappa shape index (κ2) is 9.28. The minimum atomic E-state index is 0. The fourth-order valence-corrected chi connectivity index (χ4v) is 4.90. The van der Waals surface area contributed by atoms with E-state index in [0.29, 0.717) is 4.88 Å². The van der Waals surface area contributed by atoms with Gasteiger partial charge < -0.3 is 5.32 Å². The lowest BCUT2D eigenvalue weighted by molar-refractivity contribution is 0.0225. The monoisotopic (exact) mass is 386 g/mol. The normalized spacial score (nSPS) is 21.5. The van der Waals surface area contributed by atoms with Crippen LogP contribution in [0.5, 0.6) is 0 Å². The Morgan fingerprint density at radius 1 is 1.28 bits per heavy atom. The first kappa shape index (κ1) is 20.6. The van der Waals surface area contributed by atoms with Gasteiger partial charge in [-0.05, 0) is 62.6 Å². The van der Waals surface area contributed by atoms with Crippen LogP contribution >= 0.6 is 23.9 Å². The molecule has 5 nitrogen and oxygen atoms in total. The maximum Gasteiger partial charge on any atom is 0.265 e. The van der Waals surface area contributed by atoms with Crippen LogP contribution in [0.3, 0.4) is 0 Å². The number of aryl methyl sites for hydroxylation is 1. The first-order valence-corrected chi connectivity index (χ1v) is 10.3. The van der Waals surface area contributed by atoms with E-state index < -0.39 is 0 Å². The lowest BCUT2D eigenvalue weighted by Gasteiger charge is -2.49. The van der Waals surface area contributed by atoms with Crippen molar-refractivity contribution in [1.29, 1.82) is 0 Å². The number of rotatable bonds is 5. The van der Waals surface area contributed by atoms with Gasteiger partial charge in [0.2, 0.25) is 0 Å². The zero-order valence-corrected chi connectivity index (χ0v) is 17.1. The summed E-state index contributed by atoms with van der Waals surface area (Å²) in [5.41, 5.74) is 0.987. The summed E-state index contributed by atoms with van der Waals surface area (Å²) in [6.45, 7) is 7.50. The third-order valence-corrected chi connectivity index (χ3v) is 6.68. The van der Waals surface area contributed by atoms with E-state index in [2.05, 4.69) is 26.7 Å². The summed E-state index contributed by atoms with van der Waals surface area (Å²) >= 11 is 1.22. The van der Waals surface area contributed by atoms with E-state index in [1.807, 2.05) is 6.92 Å². The summed E-state index contributed by atoms with van der Waals surface area (Å²) in [6, 6.07) is 0. The van der Waals surface area contributed by atoms with Crippen LogP contribution in [0, 0.1) is 5.92 Å². The zero-order chi connectivity index (χ0) is 17.0. The molecule has 2 heterocycles. The highest BCUT2D eigenvalue weighted by atomic mass is 35.5. The Balaban J connectivity index is 0.00000225. The lowest BCUT2D eigenvalue weighted by atomic mass is 9.78. The maximum atomic E-state index is 12.6. The molecule has 2 aliphatic rings. The lowest BCUT2D eigenvalue weighted by Crippen LogP contribution is -2.58. The van der Waals surface area contributed by atoms with Crippen LogP contribution in [0.2, 0.25) is 0 Å². The van der Waals surface area contributed by atoms with E-state index in [0.717, 1.165) is 24.6 Å². The van der Waals surface area contributed by atoms with Crippen LogP contribution in [0.15, 0.2) is 0 Å². The summed E-state index contributed by atoms with van der Waals surface area (Å²) < 4.78 is 3.94. The van der Waals surface area contributed by atoms with Crippen LogP contribution in [-0.2, 0) is 6.42 Å². The van der Waals surface area contributed by atoms with Gasteiger partial charge in [-0.15, -0.1) is 17.5 Å². The van der Waals surface area contributed by atoms with Gasteiger partial charge in [0, 0.05) is 12.1 Å². The molecule has 1 N–H and O–H groups in total. The molecule has 0 atom stereocenters. The molecule has 0 bridgehead atoms. The highest BCUT2D eigenvalue weighted by Crippen LogP contribution is 2.36. The fraction of sp³-hybridized carbons (Fsp3) is 0.833. The summed E-state index contributed by atoms with van der Waals surface area (Å²) in [4.78, 5) is 16.0. The molecular weight excluding hydrogens is 356 g/mol. The number of hydrogen-bond donors (Lipinski definition) is 1. The molecule has 1 aliphatic heterocycles. The van der Waals surface area contributed by atoms with Crippen molar-refractivity contribution in [2.24, 2.45) is 5.92 Å². The van der Waals surface area contributed by atoms with Crippen molar-refractivity contribution >= 4 is 29.8 Å². The number of likely N-dealkylation sites (tertiary alicyclic amines) is 1. The summed E-state index contributed by atoms with van der Waals surface area (Å²) in [5, 5.41) is 7.29. The minimum Gasteiger partial charge on any atom is -0.349 e. The number of piperidine rings is 1. The van der Waals surface area contributed by atoms with Gasteiger partial charge in [-0.2, -0.15) is 0 Å². The largest absolute Gasteiger partial charge is 0.349 e. The number of carbonyl (C=O) groups is 1. The average Bonchev–Trinajstić information content (AvgIpc) is 3.10. The maximum absolute atomic E-state index is 12.6. The number of hydrogen-bond acceptors (Lipinski definition) is 5. The first-order chi connectivity index (χ1) is 11.6. The molecule has 1 aromatic rings. The highest BCUT2D eigenvalue weighted by Gasteiger charge is 2.39. The van der Waals surface area contributed by atoms with Crippen LogP contribution in [0.25, 0.3) is 0 Å². The average molecular weight is 387 g/mol. The van der Waals surface area contributed by atoms with E-state index in [-0.39, 0.29) is 23.9 Å². The van der Waals surface area contributed by atoms with Crippen LogP contribution in [0.4, 0.5) is 0 Å². The van der Waals surface area contributed by atoms with Gasteiger partial charge in [0.05, 0.1) is 5.69 Å². The molecule has 1 saturated heterocycles. The van der Waals surface area contributed by atoms with E-state index in [9.17, 15) is 4.79 Å². The molecule has 3 rings (SSSR count). The molecule has 25 heavy (non-hydrogen) atoms. The van der Waals surface area contributed by atoms with E-state index in [1.54, 1.807) is 0 Å². The second-order valence-corrected chi connectivity index (χ2v) is 8.29. The SMILES string of the molecule is CCc1nnsc1C(=O)NCC1(N2CCC(C)CC2)CCCCC1.Cl. The van der Waals surface area contributed by atoms with Gasteiger partial charge in [0.1, 0.15) is 4.88 Å². The molecule has 0 radical (unpaired) electrons. The van der Waals surface area contributed by atoms with E-state index >= 15 is 0 Å². The Hall–Kier alpha value is -0.720. The Bertz CT molecular complexity index is 551. The van der Waals surface area contributed by atoms with E-state index in [4.69, 9.17) is 0 Å². The number of halogens is 1. The first-order valence-electron chi connectivity index (χ1n) is 9.49. The smallest absolute Gasteiger partial charge is 0.265 e. The topological polar surface area (TPSA) is 58.1 Å². The molecule has 1 aromatic heterocycles. The zero-order valence-electron chi connectivity index (χ0n) is 15.4. The molecule has 0 spiro atoms. The number of nitrogens with zero attached hydrogens (tertiary/aromatic N) is 3. The number of nitrogens with one attached hydrogen (secondary N) is 1. The highest BCUT2D eigenvalue weighted by molar-refractivity contribution is 7.08. The number of amides is 1. The minimum absolute atomic E-state index is 0. The van der Waals surface area contributed by atoms with Gasteiger partial charge >= 0.3 is 0 Å². The number of aromatic nitrogens is 2. The molecule has 142 valence electrons. The molecule has 0 unspecified atom stereocenters.